The number of benzene rings is 2. The Hall–Kier alpha value is -1.31. The van der Waals surface area contributed by atoms with Gasteiger partial charge in [0.1, 0.15) is 0 Å². The summed E-state index contributed by atoms with van der Waals surface area (Å²) in [5, 5.41) is 4.33. The molecule has 1 unspecified atom stereocenters. The van der Waals surface area contributed by atoms with Gasteiger partial charge in [0.25, 0.3) is 0 Å². The molecule has 0 aliphatic carbocycles. The van der Waals surface area contributed by atoms with E-state index < -0.39 is 0 Å². The number of halogens is 1. The Labute approximate surface area is 114 Å². The van der Waals surface area contributed by atoms with E-state index in [1.165, 1.54) is 11.1 Å². The monoisotopic (exact) mass is 259 g/mol. The third-order valence-corrected chi connectivity index (χ3v) is 3.58. The average molecular weight is 260 g/mol. The average Bonchev–Trinajstić information content (AvgIpc) is 2.38. The minimum absolute atomic E-state index is 0.322. The van der Waals surface area contributed by atoms with E-state index in [0.29, 0.717) is 6.04 Å². The highest BCUT2D eigenvalue weighted by Gasteiger charge is 2.07. The molecule has 1 nitrogen and oxygen atoms in total. The van der Waals surface area contributed by atoms with Gasteiger partial charge in [0.05, 0.1) is 0 Å². The van der Waals surface area contributed by atoms with Gasteiger partial charge in [-0.15, -0.1) is 0 Å². The lowest BCUT2D eigenvalue weighted by Gasteiger charge is -2.17. The van der Waals surface area contributed by atoms with Crippen molar-refractivity contribution < 1.29 is 0 Å². The molecule has 0 amide bonds. The van der Waals surface area contributed by atoms with E-state index in [2.05, 4.69) is 49.5 Å². The lowest BCUT2D eigenvalue weighted by atomic mass is 10.0. The minimum Gasteiger partial charge on any atom is -0.306 e. The van der Waals surface area contributed by atoms with Crippen LogP contribution in [0.1, 0.15) is 29.7 Å². The van der Waals surface area contributed by atoms with Crippen LogP contribution >= 0.6 is 11.6 Å². The van der Waals surface area contributed by atoms with E-state index in [9.17, 15) is 0 Å². The van der Waals surface area contributed by atoms with E-state index in [1.807, 2.05) is 18.2 Å². The molecule has 0 fully saturated rings. The van der Waals surface area contributed by atoms with Crippen LogP contribution in [0.3, 0.4) is 0 Å². The Morgan fingerprint density at radius 3 is 2.44 bits per heavy atom. The molecule has 2 rings (SSSR count). The van der Waals surface area contributed by atoms with Gasteiger partial charge in [0.15, 0.2) is 0 Å². The summed E-state index contributed by atoms with van der Waals surface area (Å²) in [4.78, 5) is 0. The first-order chi connectivity index (χ1) is 8.68. The molecule has 1 atom stereocenters. The molecule has 0 aliphatic heterocycles. The zero-order valence-corrected chi connectivity index (χ0v) is 11.5. The molecule has 0 heterocycles. The number of nitrogens with one attached hydrogen (secondary N) is 1. The van der Waals surface area contributed by atoms with E-state index in [4.69, 9.17) is 11.6 Å². The Morgan fingerprint density at radius 1 is 1.06 bits per heavy atom. The van der Waals surface area contributed by atoms with Gasteiger partial charge < -0.3 is 5.32 Å². The van der Waals surface area contributed by atoms with Crippen LogP contribution in [0.25, 0.3) is 0 Å². The first kappa shape index (κ1) is 13.1. The zero-order chi connectivity index (χ0) is 13.0. The number of aryl methyl sites for hydroxylation is 1. The molecule has 94 valence electrons. The van der Waals surface area contributed by atoms with Gasteiger partial charge in [0, 0.05) is 17.6 Å². The first-order valence-electron chi connectivity index (χ1n) is 6.21. The van der Waals surface area contributed by atoms with Crippen molar-refractivity contribution in [2.45, 2.75) is 26.4 Å². The fourth-order valence-corrected chi connectivity index (χ4v) is 2.29. The molecule has 0 saturated heterocycles. The highest BCUT2D eigenvalue weighted by molar-refractivity contribution is 6.31. The van der Waals surface area contributed by atoms with Crippen LogP contribution < -0.4 is 5.32 Å². The molecule has 0 spiro atoms. The molecule has 2 heteroatoms. The molecule has 2 aromatic rings. The summed E-state index contributed by atoms with van der Waals surface area (Å²) >= 11 is 6.14. The topological polar surface area (TPSA) is 12.0 Å². The molecule has 0 radical (unpaired) electrons. The Bertz CT molecular complexity index is 522. The van der Waals surface area contributed by atoms with Gasteiger partial charge >= 0.3 is 0 Å². The molecule has 1 N–H and O–H groups in total. The van der Waals surface area contributed by atoms with Gasteiger partial charge in [-0.25, -0.2) is 0 Å². The Kier molecular flexibility index (Phi) is 4.40. The number of hydrogen-bond donors (Lipinski definition) is 1. The highest BCUT2D eigenvalue weighted by atomic mass is 35.5. The maximum absolute atomic E-state index is 6.14. The summed E-state index contributed by atoms with van der Waals surface area (Å²) in [7, 11) is 0. The first-order valence-corrected chi connectivity index (χ1v) is 6.58. The largest absolute Gasteiger partial charge is 0.306 e. The molecule has 0 bridgehead atoms. The van der Waals surface area contributed by atoms with Crippen LogP contribution in [0.4, 0.5) is 0 Å². The Morgan fingerprint density at radius 2 is 1.72 bits per heavy atom. The summed E-state index contributed by atoms with van der Waals surface area (Å²) in [6.45, 7) is 5.11. The van der Waals surface area contributed by atoms with Gasteiger partial charge in [-0.2, -0.15) is 0 Å². The van der Waals surface area contributed by atoms with Gasteiger partial charge in [-0.05, 0) is 36.6 Å². The molecule has 0 aromatic heterocycles. The van der Waals surface area contributed by atoms with Gasteiger partial charge in [-0.1, -0.05) is 54.1 Å². The second-order valence-electron chi connectivity index (χ2n) is 4.55. The SMILES string of the molecule is Cc1ccccc1C(C)NCc1ccccc1Cl. The maximum Gasteiger partial charge on any atom is 0.0450 e. The molecular weight excluding hydrogens is 242 g/mol. The van der Waals surface area contributed by atoms with E-state index in [0.717, 1.165) is 17.1 Å². The van der Waals surface area contributed by atoms with E-state index in [1.54, 1.807) is 0 Å². The molecular formula is C16H18ClN. The fourth-order valence-electron chi connectivity index (χ4n) is 2.09. The standard InChI is InChI=1S/C16H18ClN/c1-12-7-3-5-9-15(12)13(2)18-11-14-8-4-6-10-16(14)17/h3-10,13,18H,11H2,1-2H3. The van der Waals surface area contributed by atoms with Crippen LogP contribution in [0.5, 0.6) is 0 Å². The maximum atomic E-state index is 6.14. The summed E-state index contributed by atoms with van der Waals surface area (Å²) in [6.07, 6.45) is 0. The van der Waals surface area contributed by atoms with Crippen LogP contribution in [-0.4, -0.2) is 0 Å². The zero-order valence-electron chi connectivity index (χ0n) is 10.8. The highest BCUT2D eigenvalue weighted by Crippen LogP contribution is 2.19. The van der Waals surface area contributed by atoms with Crippen molar-refractivity contribution >= 4 is 11.6 Å². The summed E-state index contributed by atoms with van der Waals surface area (Å²) < 4.78 is 0. The summed E-state index contributed by atoms with van der Waals surface area (Å²) in [5.41, 5.74) is 3.79. The number of rotatable bonds is 4. The summed E-state index contributed by atoms with van der Waals surface area (Å²) in [6, 6.07) is 16.7. The van der Waals surface area contributed by atoms with Crippen molar-refractivity contribution in [2.75, 3.05) is 0 Å². The fraction of sp³-hybridized carbons (Fsp3) is 0.250. The quantitative estimate of drug-likeness (QED) is 0.853. The summed E-state index contributed by atoms with van der Waals surface area (Å²) in [5.74, 6) is 0. The van der Waals surface area contributed by atoms with Crippen molar-refractivity contribution in [1.29, 1.82) is 0 Å². The van der Waals surface area contributed by atoms with Gasteiger partial charge in [0.2, 0.25) is 0 Å². The van der Waals surface area contributed by atoms with E-state index in [-0.39, 0.29) is 0 Å². The second-order valence-corrected chi connectivity index (χ2v) is 4.96. The van der Waals surface area contributed by atoms with Gasteiger partial charge in [-0.3, -0.25) is 0 Å². The van der Waals surface area contributed by atoms with Crippen LogP contribution in [0.2, 0.25) is 5.02 Å². The molecule has 2 aromatic carbocycles. The number of hydrogen-bond acceptors (Lipinski definition) is 1. The van der Waals surface area contributed by atoms with Crippen molar-refractivity contribution in [3.05, 3.63) is 70.2 Å². The Balaban J connectivity index is 2.03. The van der Waals surface area contributed by atoms with Crippen molar-refractivity contribution in [3.8, 4) is 0 Å². The lowest BCUT2D eigenvalue weighted by molar-refractivity contribution is 0.572. The van der Waals surface area contributed by atoms with Crippen LogP contribution in [-0.2, 0) is 6.54 Å². The molecule has 0 aliphatic rings. The smallest absolute Gasteiger partial charge is 0.0450 e. The second kappa shape index (κ2) is 6.03. The predicted octanol–water partition coefficient (Wildman–Crippen LogP) is 4.50. The lowest BCUT2D eigenvalue weighted by Crippen LogP contribution is -2.19. The third kappa shape index (κ3) is 3.12. The van der Waals surface area contributed by atoms with Crippen molar-refractivity contribution in [1.82, 2.24) is 5.32 Å². The van der Waals surface area contributed by atoms with Crippen molar-refractivity contribution in [3.63, 3.8) is 0 Å². The normalized spacial score (nSPS) is 12.4. The molecule has 0 saturated carbocycles. The van der Waals surface area contributed by atoms with Crippen molar-refractivity contribution in [2.24, 2.45) is 0 Å². The minimum atomic E-state index is 0.322. The van der Waals surface area contributed by atoms with Crippen LogP contribution in [0.15, 0.2) is 48.5 Å². The van der Waals surface area contributed by atoms with E-state index >= 15 is 0 Å². The molecule has 18 heavy (non-hydrogen) atoms. The predicted molar refractivity (Wildman–Crippen MR) is 77.9 cm³/mol. The third-order valence-electron chi connectivity index (χ3n) is 3.21. The van der Waals surface area contributed by atoms with Crippen LogP contribution in [0, 0.1) is 6.92 Å².